The average Bonchev–Trinajstić information content (AvgIpc) is 2.42. The first-order chi connectivity index (χ1) is 9.47. The molecule has 0 radical (unpaired) electrons. The molecule has 2 rings (SSSR count). The molecule has 2 aromatic rings. The number of anilines is 1. The second-order valence-electron chi connectivity index (χ2n) is 4.36. The van der Waals surface area contributed by atoms with E-state index in [0.29, 0.717) is 16.8 Å². The number of benzene rings is 2. The summed E-state index contributed by atoms with van der Waals surface area (Å²) in [5.74, 6) is -1.39. The standard InChI is InChI=1S/C15H13FN2O2/c1-9-2-3-11(8-13(9)16)15(20)18-12-6-4-10(5-7-12)14(17)19/h2-8H,1H3,(H2,17,19)(H,18,20). The largest absolute Gasteiger partial charge is 0.366 e. The summed E-state index contributed by atoms with van der Waals surface area (Å²) >= 11 is 0. The van der Waals surface area contributed by atoms with Gasteiger partial charge in [-0.1, -0.05) is 6.07 Å². The van der Waals surface area contributed by atoms with Crippen LogP contribution < -0.4 is 11.1 Å². The minimum atomic E-state index is -0.538. The third kappa shape index (κ3) is 3.00. The van der Waals surface area contributed by atoms with Crippen LogP contribution in [0.4, 0.5) is 10.1 Å². The number of halogens is 1. The van der Waals surface area contributed by atoms with Gasteiger partial charge < -0.3 is 11.1 Å². The number of aryl methyl sites for hydroxylation is 1. The monoisotopic (exact) mass is 272 g/mol. The van der Waals surface area contributed by atoms with E-state index in [1.165, 1.54) is 18.2 Å². The van der Waals surface area contributed by atoms with Crippen LogP contribution in [0.15, 0.2) is 42.5 Å². The summed E-state index contributed by atoms with van der Waals surface area (Å²) in [6.07, 6.45) is 0. The lowest BCUT2D eigenvalue weighted by atomic mass is 10.1. The number of primary amides is 1. The van der Waals surface area contributed by atoms with Crippen LogP contribution in [0.2, 0.25) is 0 Å². The Bertz CT molecular complexity index is 666. The topological polar surface area (TPSA) is 72.2 Å². The third-order valence-electron chi connectivity index (χ3n) is 2.86. The van der Waals surface area contributed by atoms with Crippen molar-refractivity contribution in [2.45, 2.75) is 6.92 Å². The van der Waals surface area contributed by atoms with Gasteiger partial charge in [-0.25, -0.2) is 4.39 Å². The Hall–Kier alpha value is -2.69. The molecule has 0 heterocycles. The van der Waals surface area contributed by atoms with Gasteiger partial charge in [0.1, 0.15) is 5.82 Å². The Balaban J connectivity index is 2.14. The molecule has 0 aliphatic heterocycles. The van der Waals surface area contributed by atoms with Crippen LogP contribution in [-0.2, 0) is 0 Å². The quantitative estimate of drug-likeness (QED) is 0.901. The number of hydrogen-bond donors (Lipinski definition) is 2. The number of carbonyl (C=O) groups excluding carboxylic acids is 2. The van der Waals surface area contributed by atoms with E-state index in [1.807, 2.05) is 0 Å². The number of carbonyl (C=O) groups is 2. The SMILES string of the molecule is Cc1ccc(C(=O)Nc2ccc(C(N)=O)cc2)cc1F. The summed E-state index contributed by atoms with van der Waals surface area (Å²) in [6.45, 7) is 1.62. The fourth-order valence-electron chi connectivity index (χ4n) is 1.66. The van der Waals surface area contributed by atoms with Crippen molar-refractivity contribution >= 4 is 17.5 Å². The van der Waals surface area contributed by atoms with E-state index in [2.05, 4.69) is 5.32 Å². The Morgan fingerprint density at radius 3 is 2.20 bits per heavy atom. The first-order valence-electron chi connectivity index (χ1n) is 5.95. The summed E-state index contributed by atoms with van der Waals surface area (Å²) in [6, 6.07) is 10.4. The smallest absolute Gasteiger partial charge is 0.255 e. The van der Waals surface area contributed by atoms with Gasteiger partial charge in [-0.15, -0.1) is 0 Å². The van der Waals surface area contributed by atoms with Crippen LogP contribution in [0.3, 0.4) is 0 Å². The molecule has 0 aliphatic rings. The molecule has 2 amide bonds. The van der Waals surface area contributed by atoms with E-state index in [9.17, 15) is 14.0 Å². The minimum Gasteiger partial charge on any atom is -0.366 e. The lowest BCUT2D eigenvalue weighted by molar-refractivity contribution is 0.0998. The molecule has 5 heteroatoms. The molecule has 0 aliphatic carbocycles. The van der Waals surface area contributed by atoms with Crippen molar-refractivity contribution < 1.29 is 14.0 Å². The van der Waals surface area contributed by atoms with Crippen LogP contribution in [0.5, 0.6) is 0 Å². The fourth-order valence-corrected chi connectivity index (χ4v) is 1.66. The van der Waals surface area contributed by atoms with Gasteiger partial charge in [0.15, 0.2) is 0 Å². The van der Waals surface area contributed by atoms with Crippen molar-refractivity contribution in [3.63, 3.8) is 0 Å². The summed E-state index contributed by atoms with van der Waals surface area (Å²) in [5.41, 5.74) is 6.68. The molecule has 0 bridgehead atoms. The zero-order chi connectivity index (χ0) is 14.7. The van der Waals surface area contributed by atoms with E-state index >= 15 is 0 Å². The summed E-state index contributed by atoms with van der Waals surface area (Å²) in [4.78, 5) is 22.8. The molecule has 2 aromatic carbocycles. The number of amides is 2. The van der Waals surface area contributed by atoms with Crippen LogP contribution in [0.25, 0.3) is 0 Å². The van der Waals surface area contributed by atoms with E-state index in [4.69, 9.17) is 5.73 Å². The minimum absolute atomic E-state index is 0.229. The maximum atomic E-state index is 13.4. The zero-order valence-corrected chi connectivity index (χ0v) is 10.8. The van der Waals surface area contributed by atoms with Crippen LogP contribution in [0, 0.1) is 12.7 Å². The Morgan fingerprint density at radius 1 is 1.05 bits per heavy atom. The van der Waals surface area contributed by atoms with Gasteiger partial charge >= 0.3 is 0 Å². The fraction of sp³-hybridized carbons (Fsp3) is 0.0667. The molecule has 20 heavy (non-hydrogen) atoms. The molecule has 102 valence electrons. The van der Waals surface area contributed by atoms with E-state index in [0.717, 1.165) is 0 Å². The highest BCUT2D eigenvalue weighted by atomic mass is 19.1. The Labute approximate surface area is 115 Å². The average molecular weight is 272 g/mol. The van der Waals surface area contributed by atoms with Gasteiger partial charge in [-0.2, -0.15) is 0 Å². The van der Waals surface area contributed by atoms with Crippen molar-refractivity contribution in [2.24, 2.45) is 5.73 Å². The van der Waals surface area contributed by atoms with Crippen molar-refractivity contribution in [3.05, 3.63) is 65.0 Å². The van der Waals surface area contributed by atoms with Crippen molar-refractivity contribution in [2.75, 3.05) is 5.32 Å². The molecule has 4 nitrogen and oxygen atoms in total. The van der Waals surface area contributed by atoms with Gasteiger partial charge in [0, 0.05) is 16.8 Å². The summed E-state index contributed by atoms with van der Waals surface area (Å²) in [7, 11) is 0. The van der Waals surface area contributed by atoms with Crippen LogP contribution >= 0.6 is 0 Å². The van der Waals surface area contributed by atoms with Gasteiger partial charge in [0.25, 0.3) is 5.91 Å². The van der Waals surface area contributed by atoms with Crippen molar-refractivity contribution in [1.82, 2.24) is 0 Å². The maximum Gasteiger partial charge on any atom is 0.255 e. The van der Waals surface area contributed by atoms with Gasteiger partial charge in [-0.3, -0.25) is 9.59 Å². The highest BCUT2D eigenvalue weighted by Crippen LogP contribution is 2.13. The van der Waals surface area contributed by atoms with Gasteiger partial charge in [0.05, 0.1) is 0 Å². The maximum absolute atomic E-state index is 13.4. The number of nitrogens with one attached hydrogen (secondary N) is 1. The van der Waals surface area contributed by atoms with Crippen LogP contribution in [-0.4, -0.2) is 11.8 Å². The highest BCUT2D eigenvalue weighted by Gasteiger charge is 2.09. The van der Waals surface area contributed by atoms with E-state index < -0.39 is 17.6 Å². The first kappa shape index (κ1) is 13.7. The van der Waals surface area contributed by atoms with Gasteiger partial charge in [-0.05, 0) is 48.9 Å². The van der Waals surface area contributed by atoms with Crippen molar-refractivity contribution in [3.8, 4) is 0 Å². The lowest BCUT2D eigenvalue weighted by Gasteiger charge is -2.06. The molecule has 0 saturated carbocycles. The molecule has 0 saturated heterocycles. The normalized spacial score (nSPS) is 10.1. The lowest BCUT2D eigenvalue weighted by Crippen LogP contribution is -2.13. The summed E-state index contributed by atoms with van der Waals surface area (Å²) < 4.78 is 13.4. The zero-order valence-electron chi connectivity index (χ0n) is 10.8. The molecule has 0 unspecified atom stereocenters. The van der Waals surface area contributed by atoms with Crippen LogP contribution in [0.1, 0.15) is 26.3 Å². The summed E-state index contributed by atoms with van der Waals surface area (Å²) in [5, 5.41) is 2.61. The highest BCUT2D eigenvalue weighted by molar-refractivity contribution is 6.04. The van der Waals surface area contributed by atoms with E-state index in [1.54, 1.807) is 31.2 Å². The van der Waals surface area contributed by atoms with E-state index in [-0.39, 0.29) is 5.56 Å². The molecular weight excluding hydrogens is 259 g/mol. The Morgan fingerprint density at radius 2 is 1.65 bits per heavy atom. The second-order valence-corrected chi connectivity index (χ2v) is 4.36. The first-order valence-corrected chi connectivity index (χ1v) is 5.95. The molecule has 0 fully saturated rings. The van der Waals surface area contributed by atoms with Crippen molar-refractivity contribution in [1.29, 1.82) is 0 Å². The van der Waals surface area contributed by atoms with Gasteiger partial charge in [0.2, 0.25) is 5.91 Å². The molecule has 3 N–H and O–H groups in total. The number of rotatable bonds is 3. The molecule has 0 spiro atoms. The third-order valence-corrected chi connectivity index (χ3v) is 2.86. The number of nitrogens with two attached hydrogens (primary N) is 1. The molecular formula is C15H13FN2O2. The number of hydrogen-bond acceptors (Lipinski definition) is 2. The molecule has 0 aromatic heterocycles. The Kier molecular flexibility index (Phi) is 3.79. The predicted octanol–water partition coefficient (Wildman–Crippen LogP) is 2.49. The predicted molar refractivity (Wildman–Crippen MR) is 74.1 cm³/mol. The molecule has 0 atom stereocenters. The second kappa shape index (κ2) is 5.52.